The van der Waals surface area contributed by atoms with E-state index in [2.05, 4.69) is 14.8 Å². The van der Waals surface area contributed by atoms with Crippen LogP contribution in [0.1, 0.15) is 19.2 Å². The Morgan fingerprint density at radius 2 is 2.27 bits per heavy atom. The van der Waals surface area contributed by atoms with Crippen LogP contribution < -0.4 is 5.32 Å². The van der Waals surface area contributed by atoms with E-state index in [1.54, 1.807) is 7.11 Å². The number of hydrogen-bond acceptors (Lipinski definition) is 4. The average molecular weight is 302 g/mol. The Balaban J connectivity index is 1.78. The third kappa shape index (κ3) is 3.13. The molecular weight excluding hydrogens is 280 g/mol. The molecule has 0 radical (unpaired) electrons. The molecule has 0 aliphatic carbocycles. The predicted octanol–water partition coefficient (Wildman–Crippen LogP) is 1.85. The summed E-state index contributed by atoms with van der Waals surface area (Å²) in [6.07, 6.45) is 1.05. The number of benzene rings is 1. The average Bonchev–Trinajstić information content (AvgIpc) is 2.83. The summed E-state index contributed by atoms with van der Waals surface area (Å²) in [5, 5.41) is 2.81. The summed E-state index contributed by atoms with van der Waals surface area (Å²) >= 11 is 0. The first-order valence-electron chi connectivity index (χ1n) is 7.65. The minimum absolute atomic E-state index is 0.0624. The Labute approximate surface area is 130 Å². The number of methoxy groups -OCH3 is 1. The lowest BCUT2D eigenvalue weighted by molar-refractivity contribution is -0.114. The zero-order valence-corrected chi connectivity index (χ0v) is 13.1. The summed E-state index contributed by atoms with van der Waals surface area (Å²) in [7, 11) is 1.74. The number of rotatable bonds is 5. The van der Waals surface area contributed by atoms with Crippen molar-refractivity contribution in [2.45, 2.75) is 26.4 Å². The highest BCUT2D eigenvalue weighted by Crippen LogP contribution is 2.23. The van der Waals surface area contributed by atoms with Crippen molar-refractivity contribution in [1.29, 1.82) is 0 Å². The van der Waals surface area contributed by atoms with E-state index in [4.69, 9.17) is 9.72 Å². The molecule has 22 heavy (non-hydrogen) atoms. The molecule has 6 heteroatoms. The van der Waals surface area contributed by atoms with Gasteiger partial charge in [-0.2, -0.15) is 0 Å². The van der Waals surface area contributed by atoms with Crippen LogP contribution in [0.4, 0.5) is 5.69 Å². The Kier molecular flexibility index (Phi) is 4.40. The second kappa shape index (κ2) is 6.46. The fourth-order valence-electron chi connectivity index (χ4n) is 2.97. The molecule has 0 bridgehead atoms. The standard InChI is InChI=1S/C16H22N4O2/c1-12(21)17-13-4-5-15-14(10-13)18-16-11-19(6-3-9-22-2)7-8-20(15)16/h4-5,10H,3,6-9,11H2,1-2H3,(H,17,21). The summed E-state index contributed by atoms with van der Waals surface area (Å²) in [6, 6.07) is 5.92. The molecule has 0 atom stereocenters. The van der Waals surface area contributed by atoms with E-state index in [9.17, 15) is 4.79 Å². The van der Waals surface area contributed by atoms with Gasteiger partial charge in [-0.05, 0) is 24.6 Å². The lowest BCUT2D eigenvalue weighted by Crippen LogP contribution is -2.34. The molecular formula is C16H22N4O2. The molecule has 0 saturated heterocycles. The first-order valence-corrected chi connectivity index (χ1v) is 7.65. The van der Waals surface area contributed by atoms with Gasteiger partial charge in [-0.15, -0.1) is 0 Å². The van der Waals surface area contributed by atoms with Gasteiger partial charge in [0.15, 0.2) is 0 Å². The van der Waals surface area contributed by atoms with Gasteiger partial charge >= 0.3 is 0 Å². The van der Waals surface area contributed by atoms with Gasteiger partial charge < -0.3 is 14.6 Å². The summed E-state index contributed by atoms with van der Waals surface area (Å²) in [5.41, 5.74) is 2.88. The number of anilines is 1. The van der Waals surface area contributed by atoms with E-state index < -0.39 is 0 Å². The lowest BCUT2D eigenvalue weighted by atomic mass is 10.2. The highest BCUT2D eigenvalue weighted by atomic mass is 16.5. The summed E-state index contributed by atoms with van der Waals surface area (Å²) in [4.78, 5) is 18.3. The first-order chi connectivity index (χ1) is 10.7. The fourth-order valence-corrected chi connectivity index (χ4v) is 2.97. The van der Waals surface area contributed by atoms with Gasteiger partial charge in [-0.25, -0.2) is 4.98 Å². The third-order valence-corrected chi connectivity index (χ3v) is 3.98. The topological polar surface area (TPSA) is 59.4 Å². The molecule has 1 aromatic heterocycles. The first kappa shape index (κ1) is 15.0. The SMILES string of the molecule is COCCCN1CCn2c(nc3cc(NC(C)=O)ccc32)C1. The fraction of sp³-hybridized carbons (Fsp3) is 0.500. The zero-order chi connectivity index (χ0) is 15.5. The number of ether oxygens (including phenoxy) is 1. The molecule has 6 nitrogen and oxygen atoms in total. The van der Waals surface area contributed by atoms with Crippen LogP contribution in [-0.4, -0.2) is 47.2 Å². The van der Waals surface area contributed by atoms with Crippen molar-refractivity contribution in [2.75, 3.05) is 32.1 Å². The van der Waals surface area contributed by atoms with Gasteiger partial charge in [0.05, 0.1) is 17.6 Å². The van der Waals surface area contributed by atoms with E-state index in [0.717, 1.165) is 61.8 Å². The molecule has 2 aromatic rings. The van der Waals surface area contributed by atoms with Crippen molar-refractivity contribution >= 4 is 22.6 Å². The van der Waals surface area contributed by atoms with Crippen molar-refractivity contribution < 1.29 is 9.53 Å². The van der Waals surface area contributed by atoms with Gasteiger partial charge in [0.1, 0.15) is 5.82 Å². The van der Waals surface area contributed by atoms with E-state index in [1.807, 2.05) is 18.2 Å². The van der Waals surface area contributed by atoms with Crippen molar-refractivity contribution in [3.05, 3.63) is 24.0 Å². The largest absolute Gasteiger partial charge is 0.385 e. The molecule has 0 spiro atoms. The van der Waals surface area contributed by atoms with Crippen LogP contribution in [-0.2, 0) is 22.6 Å². The maximum Gasteiger partial charge on any atom is 0.221 e. The van der Waals surface area contributed by atoms with E-state index in [0.29, 0.717) is 0 Å². The normalized spacial score (nSPS) is 15.0. The summed E-state index contributed by atoms with van der Waals surface area (Å²) in [5.74, 6) is 1.03. The number of imidazole rings is 1. The lowest BCUT2D eigenvalue weighted by Gasteiger charge is -2.27. The van der Waals surface area contributed by atoms with Gasteiger partial charge in [0, 0.05) is 46.0 Å². The van der Waals surface area contributed by atoms with Gasteiger partial charge in [-0.1, -0.05) is 0 Å². The number of fused-ring (bicyclic) bond motifs is 3. The number of carbonyl (C=O) groups excluding carboxylic acids is 1. The van der Waals surface area contributed by atoms with Crippen LogP contribution in [0.3, 0.4) is 0 Å². The number of carbonyl (C=O) groups is 1. The van der Waals surface area contributed by atoms with E-state index in [1.165, 1.54) is 6.92 Å². The number of nitrogens with one attached hydrogen (secondary N) is 1. The Morgan fingerprint density at radius 1 is 1.41 bits per heavy atom. The minimum Gasteiger partial charge on any atom is -0.385 e. The van der Waals surface area contributed by atoms with E-state index >= 15 is 0 Å². The second-order valence-corrected chi connectivity index (χ2v) is 5.69. The third-order valence-electron chi connectivity index (χ3n) is 3.98. The summed E-state index contributed by atoms with van der Waals surface area (Å²) in [6.45, 7) is 6.21. The maximum absolute atomic E-state index is 11.2. The van der Waals surface area contributed by atoms with Crippen LogP contribution in [0.15, 0.2) is 18.2 Å². The quantitative estimate of drug-likeness (QED) is 0.856. The van der Waals surface area contributed by atoms with Gasteiger partial charge in [0.25, 0.3) is 0 Å². The van der Waals surface area contributed by atoms with Crippen LogP contribution in [0.5, 0.6) is 0 Å². The molecule has 1 aromatic carbocycles. The Morgan fingerprint density at radius 3 is 3.05 bits per heavy atom. The highest BCUT2D eigenvalue weighted by Gasteiger charge is 2.19. The molecule has 0 unspecified atom stereocenters. The maximum atomic E-state index is 11.2. The monoisotopic (exact) mass is 302 g/mol. The van der Waals surface area contributed by atoms with Gasteiger partial charge in [0.2, 0.25) is 5.91 Å². The van der Waals surface area contributed by atoms with Crippen LogP contribution >= 0.6 is 0 Å². The number of nitrogens with zero attached hydrogens (tertiary/aromatic N) is 3. The number of hydrogen-bond donors (Lipinski definition) is 1. The van der Waals surface area contributed by atoms with Gasteiger partial charge in [-0.3, -0.25) is 9.69 Å². The van der Waals surface area contributed by atoms with Crippen molar-refractivity contribution in [3.63, 3.8) is 0 Å². The molecule has 1 N–H and O–H groups in total. The van der Waals surface area contributed by atoms with Crippen molar-refractivity contribution in [1.82, 2.24) is 14.5 Å². The predicted molar refractivity (Wildman–Crippen MR) is 85.8 cm³/mol. The van der Waals surface area contributed by atoms with Crippen LogP contribution in [0, 0.1) is 0 Å². The van der Waals surface area contributed by atoms with Crippen LogP contribution in [0.25, 0.3) is 11.0 Å². The highest BCUT2D eigenvalue weighted by molar-refractivity contribution is 5.91. The Hall–Kier alpha value is -1.92. The van der Waals surface area contributed by atoms with Crippen LogP contribution in [0.2, 0.25) is 0 Å². The molecule has 0 saturated carbocycles. The van der Waals surface area contributed by atoms with Crippen molar-refractivity contribution in [3.8, 4) is 0 Å². The molecule has 1 aliphatic heterocycles. The smallest absolute Gasteiger partial charge is 0.221 e. The van der Waals surface area contributed by atoms with E-state index in [-0.39, 0.29) is 5.91 Å². The Bertz CT molecular complexity index is 680. The second-order valence-electron chi connectivity index (χ2n) is 5.69. The number of amides is 1. The summed E-state index contributed by atoms with van der Waals surface area (Å²) < 4.78 is 7.39. The molecule has 1 aliphatic rings. The molecule has 2 heterocycles. The molecule has 0 fully saturated rings. The minimum atomic E-state index is -0.0624. The van der Waals surface area contributed by atoms with Crippen molar-refractivity contribution in [2.24, 2.45) is 0 Å². The molecule has 118 valence electrons. The zero-order valence-electron chi connectivity index (χ0n) is 13.1. The molecule has 3 rings (SSSR count). The molecule has 1 amide bonds. The number of aromatic nitrogens is 2.